The number of nitrogens with zero attached hydrogens (tertiary/aromatic N) is 1. The minimum atomic E-state index is -0.225. The summed E-state index contributed by atoms with van der Waals surface area (Å²) in [6.07, 6.45) is 0.922. The first kappa shape index (κ1) is 16.3. The monoisotopic (exact) mass is 326 g/mol. The van der Waals surface area contributed by atoms with Crippen molar-refractivity contribution < 1.29 is 14.3 Å². The maximum absolute atomic E-state index is 12.8. The highest BCUT2D eigenvalue weighted by atomic mass is 16.5. The van der Waals surface area contributed by atoms with Crippen molar-refractivity contribution in [3.63, 3.8) is 0 Å². The van der Waals surface area contributed by atoms with Gasteiger partial charge in [0.25, 0.3) is 5.91 Å². The molecule has 0 bridgehead atoms. The van der Waals surface area contributed by atoms with Crippen LogP contribution in [0, 0.1) is 0 Å². The number of carbonyl (C=O) groups excluding carboxylic acids is 1. The summed E-state index contributed by atoms with van der Waals surface area (Å²) in [6, 6.07) is 11.4. The van der Waals surface area contributed by atoms with Crippen LogP contribution >= 0.6 is 0 Å². The molecular weight excluding hydrogens is 304 g/mol. The molecule has 126 valence electrons. The van der Waals surface area contributed by atoms with Gasteiger partial charge in [0.1, 0.15) is 17.1 Å². The van der Waals surface area contributed by atoms with Crippen molar-refractivity contribution in [3.8, 4) is 11.5 Å². The molecule has 2 aromatic rings. The smallest absolute Gasteiger partial charge is 0.263 e. The van der Waals surface area contributed by atoms with E-state index in [1.54, 1.807) is 32.4 Å². The summed E-state index contributed by atoms with van der Waals surface area (Å²) in [6.45, 7) is 1.88. The van der Waals surface area contributed by atoms with Crippen LogP contribution in [0.2, 0.25) is 0 Å². The van der Waals surface area contributed by atoms with Crippen LogP contribution in [0.15, 0.2) is 36.4 Å². The first-order valence-corrected chi connectivity index (χ1v) is 7.95. The lowest BCUT2D eigenvalue weighted by Gasteiger charge is -2.27. The van der Waals surface area contributed by atoms with Crippen molar-refractivity contribution in [1.29, 1.82) is 0 Å². The minimum absolute atomic E-state index is 0.225. The van der Waals surface area contributed by atoms with E-state index in [0.29, 0.717) is 17.1 Å². The van der Waals surface area contributed by atoms with Gasteiger partial charge in [-0.15, -0.1) is 0 Å². The molecule has 1 heterocycles. The fourth-order valence-corrected chi connectivity index (χ4v) is 3.13. The van der Waals surface area contributed by atoms with E-state index in [0.717, 1.165) is 25.2 Å². The van der Waals surface area contributed by atoms with E-state index in [1.807, 2.05) is 12.1 Å². The third-order valence-electron chi connectivity index (χ3n) is 4.36. The van der Waals surface area contributed by atoms with Gasteiger partial charge in [-0.1, -0.05) is 18.2 Å². The zero-order chi connectivity index (χ0) is 17.1. The second-order valence-electron chi connectivity index (χ2n) is 5.92. The maximum atomic E-state index is 12.8. The molecule has 1 aliphatic rings. The van der Waals surface area contributed by atoms with Gasteiger partial charge in [0.2, 0.25) is 0 Å². The van der Waals surface area contributed by atoms with Crippen molar-refractivity contribution in [2.45, 2.75) is 13.0 Å². The lowest BCUT2D eigenvalue weighted by atomic mass is 9.98. The van der Waals surface area contributed by atoms with Crippen molar-refractivity contribution >= 4 is 11.6 Å². The first-order valence-electron chi connectivity index (χ1n) is 7.95. The Morgan fingerprint density at radius 3 is 2.42 bits per heavy atom. The molecule has 1 N–H and O–H groups in total. The second kappa shape index (κ2) is 6.93. The zero-order valence-corrected chi connectivity index (χ0v) is 14.3. The van der Waals surface area contributed by atoms with E-state index in [4.69, 9.17) is 9.47 Å². The van der Waals surface area contributed by atoms with E-state index in [9.17, 15) is 4.79 Å². The van der Waals surface area contributed by atoms with Gasteiger partial charge in [-0.05, 0) is 42.8 Å². The average Bonchev–Trinajstić information content (AvgIpc) is 2.60. The van der Waals surface area contributed by atoms with Crippen LogP contribution in [0.4, 0.5) is 5.69 Å². The number of anilines is 1. The molecule has 1 amide bonds. The number of carbonyl (C=O) groups is 1. The third kappa shape index (κ3) is 3.08. The van der Waals surface area contributed by atoms with Gasteiger partial charge in [-0.3, -0.25) is 4.79 Å². The molecule has 2 aromatic carbocycles. The van der Waals surface area contributed by atoms with E-state index in [2.05, 4.69) is 23.3 Å². The SMILES string of the molecule is COc1cccc(OC)c1C(=O)Nc1cccc2c1CCN(C)C2. The summed E-state index contributed by atoms with van der Waals surface area (Å²) >= 11 is 0. The Morgan fingerprint density at radius 1 is 1.08 bits per heavy atom. The number of benzene rings is 2. The Kier molecular flexibility index (Phi) is 4.71. The molecule has 0 spiro atoms. The highest BCUT2D eigenvalue weighted by molar-refractivity contribution is 6.08. The number of amides is 1. The fraction of sp³-hybridized carbons (Fsp3) is 0.316. The predicted octanol–water partition coefficient (Wildman–Crippen LogP) is 2.94. The second-order valence-corrected chi connectivity index (χ2v) is 5.92. The van der Waals surface area contributed by atoms with Gasteiger partial charge in [0.15, 0.2) is 0 Å². The van der Waals surface area contributed by atoms with Gasteiger partial charge < -0.3 is 19.7 Å². The molecule has 0 radical (unpaired) electrons. The van der Waals surface area contributed by atoms with Crippen LogP contribution in [0.25, 0.3) is 0 Å². The zero-order valence-electron chi connectivity index (χ0n) is 14.3. The summed E-state index contributed by atoms with van der Waals surface area (Å²) in [7, 11) is 5.20. The number of ether oxygens (including phenoxy) is 2. The molecule has 0 saturated heterocycles. The quantitative estimate of drug-likeness (QED) is 0.938. The van der Waals surface area contributed by atoms with E-state index in [1.165, 1.54) is 11.1 Å². The molecule has 0 atom stereocenters. The Morgan fingerprint density at radius 2 is 1.75 bits per heavy atom. The van der Waals surface area contributed by atoms with Crippen LogP contribution in [0.1, 0.15) is 21.5 Å². The van der Waals surface area contributed by atoms with Gasteiger partial charge in [0, 0.05) is 18.8 Å². The molecule has 0 saturated carbocycles. The highest BCUT2D eigenvalue weighted by Gasteiger charge is 2.21. The van der Waals surface area contributed by atoms with Crippen LogP contribution < -0.4 is 14.8 Å². The summed E-state index contributed by atoms with van der Waals surface area (Å²) in [5.74, 6) is 0.768. The summed E-state index contributed by atoms with van der Waals surface area (Å²) in [5, 5.41) is 3.03. The molecule has 1 aliphatic heterocycles. The predicted molar refractivity (Wildman–Crippen MR) is 94.0 cm³/mol. The van der Waals surface area contributed by atoms with Crippen molar-refractivity contribution in [2.24, 2.45) is 0 Å². The Bertz CT molecular complexity index is 736. The standard InChI is InChI=1S/C19H22N2O3/c1-21-11-10-14-13(12-21)6-4-7-15(14)20-19(22)18-16(23-2)8-5-9-17(18)24-3/h4-9H,10-12H2,1-3H3,(H,20,22). The van der Waals surface area contributed by atoms with Crippen molar-refractivity contribution in [2.75, 3.05) is 33.1 Å². The summed E-state index contributed by atoms with van der Waals surface area (Å²) in [4.78, 5) is 15.1. The molecule has 0 unspecified atom stereocenters. The van der Waals surface area contributed by atoms with Crippen LogP contribution in [0.3, 0.4) is 0 Å². The lowest BCUT2D eigenvalue weighted by Crippen LogP contribution is -2.27. The number of hydrogen-bond donors (Lipinski definition) is 1. The number of rotatable bonds is 4. The van der Waals surface area contributed by atoms with E-state index < -0.39 is 0 Å². The van der Waals surface area contributed by atoms with Crippen LogP contribution in [-0.2, 0) is 13.0 Å². The van der Waals surface area contributed by atoms with Crippen molar-refractivity contribution in [3.05, 3.63) is 53.1 Å². The molecule has 5 heteroatoms. The molecule has 0 aliphatic carbocycles. The van der Waals surface area contributed by atoms with Crippen LogP contribution in [0.5, 0.6) is 11.5 Å². The molecule has 5 nitrogen and oxygen atoms in total. The number of fused-ring (bicyclic) bond motifs is 1. The third-order valence-corrected chi connectivity index (χ3v) is 4.36. The van der Waals surface area contributed by atoms with E-state index in [-0.39, 0.29) is 5.91 Å². The number of hydrogen-bond acceptors (Lipinski definition) is 4. The number of methoxy groups -OCH3 is 2. The van der Waals surface area contributed by atoms with Gasteiger partial charge in [0.05, 0.1) is 14.2 Å². The lowest BCUT2D eigenvalue weighted by molar-refractivity contribution is 0.102. The van der Waals surface area contributed by atoms with Gasteiger partial charge in [-0.2, -0.15) is 0 Å². The Balaban J connectivity index is 1.93. The Hall–Kier alpha value is -2.53. The Labute approximate surface area is 142 Å². The number of likely N-dealkylation sites (N-methyl/N-ethyl adjacent to an activating group) is 1. The average molecular weight is 326 g/mol. The topological polar surface area (TPSA) is 50.8 Å². The van der Waals surface area contributed by atoms with Crippen LogP contribution in [-0.4, -0.2) is 38.6 Å². The molecule has 0 aromatic heterocycles. The van der Waals surface area contributed by atoms with E-state index >= 15 is 0 Å². The summed E-state index contributed by atoms with van der Waals surface area (Å²) in [5.41, 5.74) is 3.73. The fourth-order valence-electron chi connectivity index (χ4n) is 3.13. The minimum Gasteiger partial charge on any atom is -0.496 e. The largest absolute Gasteiger partial charge is 0.496 e. The normalized spacial score (nSPS) is 14.0. The molecule has 3 rings (SSSR count). The van der Waals surface area contributed by atoms with Gasteiger partial charge in [-0.25, -0.2) is 0 Å². The molecule has 24 heavy (non-hydrogen) atoms. The first-order chi connectivity index (χ1) is 11.6. The number of nitrogens with one attached hydrogen (secondary N) is 1. The van der Waals surface area contributed by atoms with Gasteiger partial charge >= 0.3 is 0 Å². The summed E-state index contributed by atoms with van der Waals surface area (Å²) < 4.78 is 10.7. The molecule has 0 fully saturated rings. The van der Waals surface area contributed by atoms with Crippen molar-refractivity contribution in [1.82, 2.24) is 4.90 Å². The maximum Gasteiger partial charge on any atom is 0.263 e. The highest BCUT2D eigenvalue weighted by Crippen LogP contribution is 2.31. The molecular formula is C19H22N2O3.